The lowest BCUT2D eigenvalue weighted by molar-refractivity contribution is -0.385. The van der Waals surface area contributed by atoms with Crippen molar-refractivity contribution in [1.82, 2.24) is 0 Å². The summed E-state index contributed by atoms with van der Waals surface area (Å²) >= 11 is 11.7. The van der Waals surface area contributed by atoms with E-state index in [1.807, 2.05) is 0 Å². The van der Waals surface area contributed by atoms with Gasteiger partial charge in [-0.3, -0.25) is 14.7 Å². The Labute approximate surface area is 169 Å². The normalized spacial score (nSPS) is 14.0. The monoisotopic (exact) mass is 449 g/mol. The van der Waals surface area contributed by atoms with Gasteiger partial charge in [-0.25, -0.2) is 4.79 Å². The third-order valence-electron chi connectivity index (χ3n) is 3.41. The molecule has 0 aliphatic rings. The minimum Gasteiger partial charge on any atom is -0.480 e. The van der Waals surface area contributed by atoms with Crippen LogP contribution in [-0.4, -0.2) is 29.5 Å². The Morgan fingerprint density at radius 2 is 2.00 bits per heavy atom. The molecule has 12 heteroatoms. The Balaban J connectivity index is 2.18. The van der Waals surface area contributed by atoms with Crippen LogP contribution >= 0.6 is 30.8 Å². The van der Waals surface area contributed by atoms with Crippen molar-refractivity contribution in [3.05, 3.63) is 68.2 Å². The molecule has 0 saturated heterocycles. The first-order chi connectivity index (χ1) is 13.1. The number of nitro benzene ring substituents is 1. The van der Waals surface area contributed by atoms with E-state index in [4.69, 9.17) is 32.7 Å². The fourth-order valence-corrected chi connectivity index (χ4v) is 3.54. The maximum Gasteiger partial charge on any atom is 0.372 e. The van der Waals surface area contributed by atoms with Crippen LogP contribution in [0.4, 0.5) is 5.69 Å². The van der Waals surface area contributed by atoms with E-state index in [2.05, 4.69) is 4.52 Å². The van der Waals surface area contributed by atoms with E-state index in [1.165, 1.54) is 36.4 Å². The van der Waals surface area contributed by atoms with Crippen molar-refractivity contribution in [2.24, 2.45) is 0 Å². The number of ether oxygens (including phenoxy) is 2. The van der Waals surface area contributed by atoms with Crippen molar-refractivity contribution in [2.75, 3.05) is 13.7 Å². The molecule has 2 atom stereocenters. The molecular formula is C16H14Cl2NO8P. The molecule has 2 aromatic rings. The molecule has 0 radical (unpaired) electrons. The van der Waals surface area contributed by atoms with Gasteiger partial charge in [-0.15, -0.1) is 0 Å². The van der Waals surface area contributed by atoms with Gasteiger partial charge in [0, 0.05) is 29.8 Å². The van der Waals surface area contributed by atoms with E-state index >= 15 is 0 Å². The highest BCUT2D eigenvalue weighted by Crippen LogP contribution is 2.56. The van der Waals surface area contributed by atoms with Gasteiger partial charge in [0.05, 0.1) is 9.95 Å². The quantitative estimate of drug-likeness (QED) is 0.272. The fraction of sp³-hybridized carbons (Fsp3) is 0.188. The summed E-state index contributed by atoms with van der Waals surface area (Å²) < 4.78 is 27.0. The number of esters is 1. The van der Waals surface area contributed by atoms with Crippen molar-refractivity contribution in [3.8, 4) is 5.75 Å². The van der Waals surface area contributed by atoms with Gasteiger partial charge in [-0.2, -0.15) is 0 Å². The van der Waals surface area contributed by atoms with E-state index in [1.54, 1.807) is 0 Å². The van der Waals surface area contributed by atoms with Crippen molar-refractivity contribution >= 4 is 42.5 Å². The molecule has 1 N–H and O–H groups in total. The zero-order valence-electron chi connectivity index (χ0n) is 14.3. The van der Waals surface area contributed by atoms with Crippen molar-refractivity contribution < 1.29 is 33.2 Å². The Morgan fingerprint density at radius 1 is 1.29 bits per heavy atom. The number of nitrogens with zero attached hydrogens (tertiary/aromatic N) is 1. The molecule has 2 aromatic carbocycles. The second-order valence-electron chi connectivity index (χ2n) is 5.30. The van der Waals surface area contributed by atoms with Gasteiger partial charge in [0.15, 0.2) is 6.61 Å². The molecule has 0 aromatic heterocycles. The average molecular weight is 450 g/mol. The van der Waals surface area contributed by atoms with Crippen molar-refractivity contribution in [2.45, 2.75) is 5.85 Å². The predicted molar refractivity (Wildman–Crippen MR) is 101 cm³/mol. The lowest BCUT2D eigenvalue weighted by Gasteiger charge is -2.21. The smallest absolute Gasteiger partial charge is 0.372 e. The Hall–Kier alpha value is -2.16. The molecule has 0 aliphatic carbocycles. The molecule has 0 aliphatic heterocycles. The Bertz CT molecular complexity index is 939. The first-order valence-electron chi connectivity index (χ1n) is 7.54. The summed E-state index contributed by atoms with van der Waals surface area (Å²) in [6, 6.07) is 9.11. The largest absolute Gasteiger partial charge is 0.480 e. The number of rotatable bonds is 8. The van der Waals surface area contributed by atoms with Crippen LogP contribution in [-0.2, 0) is 18.6 Å². The molecule has 0 heterocycles. The lowest BCUT2D eigenvalue weighted by Crippen LogP contribution is -2.19. The SMILES string of the molecule is COP(=O)(O)C(OC(=O)COc1ccc(Cl)cc1Cl)c1cccc([N+](=O)[O-])c1. The number of benzene rings is 2. The standard InChI is InChI=1S/C16H14Cl2NO8P/c1-25-28(23,24)16(10-3-2-4-12(7-10)19(21)22)27-15(20)9-26-14-6-5-11(17)8-13(14)18/h2-8,16H,9H2,1H3,(H,23,24). The van der Waals surface area contributed by atoms with Gasteiger partial charge in [-0.1, -0.05) is 35.3 Å². The Morgan fingerprint density at radius 3 is 2.61 bits per heavy atom. The summed E-state index contributed by atoms with van der Waals surface area (Å²) in [7, 11) is -3.54. The molecule has 0 bridgehead atoms. The number of carbonyl (C=O) groups excluding carboxylic acids is 1. The maximum absolute atomic E-state index is 12.3. The van der Waals surface area contributed by atoms with Crippen molar-refractivity contribution in [3.63, 3.8) is 0 Å². The minimum absolute atomic E-state index is 0.0836. The van der Waals surface area contributed by atoms with E-state index < -0.39 is 30.9 Å². The highest BCUT2D eigenvalue weighted by molar-refractivity contribution is 7.53. The van der Waals surface area contributed by atoms with Crippen LogP contribution in [0.5, 0.6) is 5.75 Å². The Kier molecular flexibility index (Phi) is 7.40. The van der Waals surface area contributed by atoms with Crippen LogP contribution in [0.25, 0.3) is 0 Å². The van der Waals surface area contributed by atoms with E-state index in [0.29, 0.717) is 5.02 Å². The van der Waals surface area contributed by atoms with E-state index in [0.717, 1.165) is 13.2 Å². The summed E-state index contributed by atoms with van der Waals surface area (Å²) in [5.74, 6) is -2.66. The second-order valence-corrected chi connectivity index (χ2v) is 8.11. The number of hydrogen-bond donors (Lipinski definition) is 1. The number of halogens is 2. The van der Waals surface area contributed by atoms with Gasteiger partial charge in [0.2, 0.25) is 5.85 Å². The number of hydrogen-bond acceptors (Lipinski definition) is 7. The molecule has 150 valence electrons. The van der Waals surface area contributed by atoms with E-state index in [9.17, 15) is 24.4 Å². The summed E-state index contributed by atoms with van der Waals surface area (Å²) in [6.07, 6.45) is 0. The lowest BCUT2D eigenvalue weighted by atomic mass is 10.2. The molecule has 0 spiro atoms. The molecule has 0 saturated carbocycles. The summed E-state index contributed by atoms with van der Waals surface area (Å²) in [5.41, 5.74) is -0.432. The third-order valence-corrected chi connectivity index (χ3v) is 5.46. The van der Waals surface area contributed by atoms with Gasteiger partial charge >= 0.3 is 13.6 Å². The molecule has 28 heavy (non-hydrogen) atoms. The summed E-state index contributed by atoms with van der Waals surface area (Å²) in [5, 5.41) is 11.4. The molecule has 0 amide bonds. The maximum atomic E-state index is 12.3. The van der Waals surface area contributed by atoms with Crippen LogP contribution in [0.3, 0.4) is 0 Å². The highest BCUT2D eigenvalue weighted by Gasteiger charge is 2.37. The minimum atomic E-state index is -4.49. The molecule has 9 nitrogen and oxygen atoms in total. The highest BCUT2D eigenvalue weighted by atomic mass is 35.5. The van der Waals surface area contributed by atoms with Gasteiger partial charge in [0.1, 0.15) is 5.75 Å². The summed E-state index contributed by atoms with van der Waals surface area (Å²) in [4.78, 5) is 32.3. The molecule has 2 unspecified atom stereocenters. The van der Waals surface area contributed by atoms with Crippen LogP contribution in [0.2, 0.25) is 10.0 Å². The summed E-state index contributed by atoms with van der Waals surface area (Å²) in [6.45, 7) is -0.642. The fourth-order valence-electron chi connectivity index (χ4n) is 2.10. The van der Waals surface area contributed by atoms with Crippen LogP contribution in [0.1, 0.15) is 11.4 Å². The van der Waals surface area contributed by atoms with Crippen LogP contribution < -0.4 is 4.74 Å². The zero-order chi connectivity index (χ0) is 20.9. The topological polar surface area (TPSA) is 125 Å². The number of nitro groups is 1. The number of non-ortho nitro benzene ring substituents is 1. The molecule has 0 fully saturated rings. The first kappa shape index (κ1) is 22.1. The number of carbonyl (C=O) groups is 1. The first-order valence-corrected chi connectivity index (χ1v) is 9.94. The zero-order valence-corrected chi connectivity index (χ0v) is 16.7. The molecular weight excluding hydrogens is 436 g/mol. The predicted octanol–water partition coefficient (Wildman–Crippen LogP) is 4.35. The van der Waals surface area contributed by atoms with Gasteiger partial charge < -0.3 is 18.9 Å². The van der Waals surface area contributed by atoms with Gasteiger partial charge in [-0.05, 0) is 18.2 Å². The van der Waals surface area contributed by atoms with Crippen LogP contribution in [0, 0.1) is 10.1 Å². The van der Waals surface area contributed by atoms with E-state index in [-0.39, 0.29) is 22.0 Å². The van der Waals surface area contributed by atoms with Gasteiger partial charge in [0.25, 0.3) is 5.69 Å². The molecule has 2 rings (SSSR count). The third kappa shape index (κ3) is 5.67. The second kappa shape index (κ2) is 9.36. The average Bonchev–Trinajstić information content (AvgIpc) is 2.65. The van der Waals surface area contributed by atoms with Crippen LogP contribution in [0.15, 0.2) is 42.5 Å². The van der Waals surface area contributed by atoms with Crippen molar-refractivity contribution in [1.29, 1.82) is 0 Å².